The number of hydrogen-bond acceptors (Lipinski definition) is 5. The highest BCUT2D eigenvalue weighted by Crippen LogP contribution is 2.68. The van der Waals surface area contributed by atoms with Crippen molar-refractivity contribution in [3.8, 4) is 0 Å². The van der Waals surface area contributed by atoms with E-state index in [1.165, 1.54) is 0 Å². The maximum Gasteiger partial charge on any atom is 0.693 e. The van der Waals surface area contributed by atoms with Crippen molar-refractivity contribution >= 4 is 14.1 Å². The molecule has 0 unspecified atom stereocenters. The second-order valence-electron chi connectivity index (χ2n) is 3.05. The van der Waals surface area contributed by atoms with Crippen LogP contribution < -0.4 is 0 Å². The topological polar surface area (TPSA) is 49.3 Å². The van der Waals surface area contributed by atoms with Gasteiger partial charge >= 0.3 is 14.1 Å². The first kappa shape index (κ1) is 9.09. The second kappa shape index (κ2) is 3.45. The van der Waals surface area contributed by atoms with Gasteiger partial charge in [0, 0.05) is 10.7 Å². The average molecular weight is 226 g/mol. The van der Waals surface area contributed by atoms with Gasteiger partial charge in [-0.25, -0.2) is 4.52 Å². The Bertz CT molecular complexity index is 388. The lowest BCUT2D eigenvalue weighted by Gasteiger charge is -2.02. The van der Waals surface area contributed by atoms with Gasteiger partial charge in [0.25, 0.3) is 0 Å². The monoisotopic (exact) mass is 226 g/mol. The van der Waals surface area contributed by atoms with Crippen LogP contribution in [0.2, 0.25) is 0 Å². The lowest BCUT2D eigenvalue weighted by Crippen LogP contribution is -2.01. The normalized spacial score (nSPS) is 22.3. The van der Waals surface area contributed by atoms with Gasteiger partial charge < -0.3 is 0 Å². The molecule has 0 N–H and O–H groups in total. The van der Waals surface area contributed by atoms with Crippen LogP contribution in [-0.4, -0.2) is 19.1 Å². The fraction of sp³-hybridized carbons (Fsp3) is 0.222. The summed E-state index contributed by atoms with van der Waals surface area (Å²) >= 11 is 0. The Labute approximate surface area is 87.2 Å². The molecule has 2 aliphatic heterocycles. The highest BCUT2D eigenvalue weighted by Gasteiger charge is 2.62. The van der Waals surface area contributed by atoms with Crippen molar-refractivity contribution in [2.45, 2.75) is 0 Å². The van der Waals surface area contributed by atoms with Crippen molar-refractivity contribution in [3.63, 3.8) is 0 Å². The summed E-state index contributed by atoms with van der Waals surface area (Å²) < 4.78 is 21.2. The average Bonchev–Trinajstić information content (AvgIpc) is 2.91. The Kier molecular flexibility index (Phi) is 2.09. The fourth-order valence-corrected chi connectivity index (χ4v) is 2.78. The standard InChI is InChI=1S/C9H9NO4P/c1-2-4-8(5-3-1)9-10-14-15(13-9)11-6-7-12-15/h1-5H,6-7H2/q+1. The Morgan fingerprint density at radius 3 is 2.53 bits per heavy atom. The molecule has 6 heteroatoms. The summed E-state index contributed by atoms with van der Waals surface area (Å²) in [5.41, 5.74) is 0.855. The SMILES string of the molecule is c1ccc(C2=NO[P+]3(OCCO3)O2)cc1. The molecule has 0 bridgehead atoms. The molecule has 0 saturated carbocycles. The molecule has 0 aliphatic carbocycles. The predicted octanol–water partition coefficient (Wildman–Crippen LogP) is 2.12. The van der Waals surface area contributed by atoms with E-state index in [-0.39, 0.29) is 0 Å². The number of benzene rings is 1. The van der Waals surface area contributed by atoms with Crippen LogP contribution in [0.1, 0.15) is 5.56 Å². The number of rotatable bonds is 1. The summed E-state index contributed by atoms with van der Waals surface area (Å²) in [4.78, 5) is 0. The van der Waals surface area contributed by atoms with Crippen LogP contribution in [0.4, 0.5) is 0 Å². The molecule has 78 valence electrons. The van der Waals surface area contributed by atoms with E-state index in [1.54, 1.807) is 0 Å². The van der Waals surface area contributed by atoms with E-state index < -0.39 is 8.17 Å². The Morgan fingerprint density at radius 2 is 1.80 bits per heavy atom. The van der Waals surface area contributed by atoms with Gasteiger partial charge in [-0.15, -0.1) is 13.7 Å². The quantitative estimate of drug-likeness (QED) is 0.688. The summed E-state index contributed by atoms with van der Waals surface area (Å²) in [6, 6.07) is 9.51. The van der Waals surface area contributed by atoms with Gasteiger partial charge in [-0.3, -0.25) is 0 Å². The molecular formula is C9H9NO4P+. The van der Waals surface area contributed by atoms with Crippen molar-refractivity contribution < 1.29 is 18.2 Å². The molecule has 2 heterocycles. The molecule has 2 aliphatic rings. The number of nitrogens with zero attached hydrogens (tertiary/aromatic N) is 1. The molecule has 15 heavy (non-hydrogen) atoms. The van der Waals surface area contributed by atoms with Gasteiger partial charge in [-0.2, -0.15) is 0 Å². The zero-order chi connectivity index (χ0) is 10.1. The van der Waals surface area contributed by atoms with Gasteiger partial charge in [0.05, 0.1) is 0 Å². The van der Waals surface area contributed by atoms with Crippen molar-refractivity contribution in [2.24, 2.45) is 5.16 Å². The molecule has 0 amide bonds. The van der Waals surface area contributed by atoms with E-state index in [0.29, 0.717) is 19.1 Å². The minimum atomic E-state index is -2.62. The maximum absolute atomic E-state index is 5.49. The summed E-state index contributed by atoms with van der Waals surface area (Å²) in [5.74, 6) is 0.422. The molecular weight excluding hydrogens is 217 g/mol. The van der Waals surface area contributed by atoms with Crippen LogP contribution in [0, 0.1) is 0 Å². The molecule has 3 rings (SSSR count). The summed E-state index contributed by atoms with van der Waals surface area (Å²) in [5, 5.41) is 3.84. The Morgan fingerprint density at radius 1 is 1.07 bits per heavy atom. The van der Waals surface area contributed by atoms with Gasteiger partial charge in [0.15, 0.2) is 0 Å². The maximum atomic E-state index is 5.49. The van der Waals surface area contributed by atoms with Gasteiger partial charge in [0.2, 0.25) is 0 Å². The molecule has 5 nitrogen and oxygen atoms in total. The smallest absolute Gasteiger partial charge is 0.228 e. The lowest BCUT2D eigenvalue weighted by molar-refractivity contribution is 0.196. The first-order valence-corrected chi connectivity index (χ1v) is 6.04. The van der Waals surface area contributed by atoms with Crippen molar-refractivity contribution in [3.05, 3.63) is 35.9 Å². The fourth-order valence-electron chi connectivity index (χ4n) is 1.35. The van der Waals surface area contributed by atoms with Crippen molar-refractivity contribution in [2.75, 3.05) is 13.2 Å². The molecule has 1 aromatic carbocycles. The van der Waals surface area contributed by atoms with E-state index >= 15 is 0 Å². The zero-order valence-corrected chi connectivity index (χ0v) is 8.72. The van der Waals surface area contributed by atoms with E-state index in [4.69, 9.17) is 18.2 Å². The summed E-state index contributed by atoms with van der Waals surface area (Å²) in [6.07, 6.45) is 0. The molecule has 1 fully saturated rings. The third-order valence-corrected chi connectivity index (χ3v) is 3.70. The minimum absolute atomic E-state index is 0.422. The molecule has 0 radical (unpaired) electrons. The van der Waals surface area contributed by atoms with Crippen molar-refractivity contribution in [1.82, 2.24) is 0 Å². The van der Waals surface area contributed by atoms with Crippen molar-refractivity contribution in [1.29, 1.82) is 0 Å². The van der Waals surface area contributed by atoms with Gasteiger partial charge in [0.1, 0.15) is 13.2 Å². The van der Waals surface area contributed by atoms with Gasteiger partial charge in [-0.1, -0.05) is 18.2 Å². The molecule has 0 aromatic heterocycles. The predicted molar refractivity (Wildman–Crippen MR) is 54.0 cm³/mol. The summed E-state index contributed by atoms with van der Waals surface area (Å²) in [7, 11) is -2.62. The van der Waals surface area contributed by atoms with E-state index in [1.807, 2.05) is 30.3 Å². The first-order chi connectivity index (χ1) is 7.38. The zero-order valence-electron chi connectivity index (χ0n) is 7.83. The Balaban J connectivity index is 1.81. The highest BCUT2D eigenvalue weighted by molar-refractivity contribution is 7.57. The molecule has 1 saturated heterocycles. The molecule has 0 atom stereocenters. The van der Waals surface area contributed by atoms with Crippen LogP contribution in [0.15, 0.2) is 35.5 Å². The summed E-state index contributed by atoms with van der Waals surface area (Å²) in [6.45, 7) is 0.983. The van der Waals surface area contributed by atoms with Gasteiger partial charge in [-0.05, 0) is 12.1 Å². The first-order valence-electron chi connectivity index (χ1n) is 4.58. The van der Waals surface area contributed by atoms with Crippen LogP contribution in [-0.2, 0) is 18.2 Å². The minimum Gasteiger partial charge on any atom is -0.228 e. The third-order valence-electron chi connectivity index (χ3n) is 2.02. The lowest BCUT2D eigenvalue weighted by atomic mass is 10.2. The van der Waals surface area contributed by atoms with E-state index in [2.05, 4.69) is 5.16 Å². The van der Waals surface area contributed by atoms with Crippen LogP contribution in [0.25, 0.3) is 0 Å². The van der Waals surface area contributed by atoms with E-state index in [9.17, 15) is 0 Å². The van der Waals surface area contributed by atoms with E-state index in [0.717, 1.165) is 5.56 Å². The van der Waals surface area contributed by atoms with Crippen LogP contribution in [0.5, 0.6) is 0 Å². The van der Waals surface area contributed by atoms with Crippen LogP contribution in [0.3, 0.4) is 0 Å². The Hall–Kier alpha value is -1.16. The number of oxime groups is 1. The second-order valence-corrected chi connectivity index (χ2v) is 4.81. The highest BCUT2D eigenvalue weighted by atomic mass is 31.2. The third kappa shape index (κ3) is 1.59. The van der Waals surface area contributed by atoms with Crippen LogP contribution >= 0.6 is 8.17 Å². The largest absolute Gasteiger partial charge is 0.693 e. The molecule has 1 spiro atoms. The number of hydrogen-bond donors (Lipinski definition) is 0. The molecule has 1 aromatic rings.